The van der Waals surface area contributed by atoms with E-state index in [-0.39, 0.29) is 10.8 Å². The molecular weight excluding hydrogens is 677 g/mol. The van der Waals surface area contributed by atoms with Gasteiger partial charge in [0.15, 0.2) is 0 Å². The third kappa shape index (κ3) is 10.1. The molecular formula is C46H54N2O6. The maximum Gasteiger partial charge on any atom is 0.332 e. The number of nitrogens with zero attached hydrogens (tertiary/aromatic N) is 2. The number of rotatable bonds is 10. The molecule has 4 aromatic rings. The fraction of sp³-hybridized carbons (Fsp3) is 0.348. The molecule has 2 fully saturated rings. The predicted molar refractivity (Wildman–Crippen MR) is 215 cm³/mol. The van der Waals surface area contributed by atoms with Gasteiger partial charge >= 0.3 is 11.9 Å². The van der Waals surface area contributed by atoms with Crippen molar-refractivity contribution in [2.24, 2.45) is 11.8 Å². The molecule has 4 N–H and O–H groups in total. The Bertz CT molecular complexity index is 1800. The van der Waals surface area contributed by atoms with Crippen LogP contribution in [0.25, 0.3) is 12.2 Å². The second-order valence-electron chi connectivity index (χ2n) is 15.5. The van der Waals surface area contributed by atoms with E-state index in [1.807, 2.05) is 84.9 Å². The summed E-state index contributed by atoms with van der Waals surface area (Å²) in [6, 6.07) is 34.2. The lowest BCUT2D eigenvalue weighted by molar-refractivity contribution is -0.133. The molecule has 6 rings (SSSR count). The molecule has 284 valence electrons. The van der Waals surface area contributed by atoms with Gasteiger partial charge < -0.3 is 20.4 Å². The lowest BCUT2D eigenvalue weighted by atomic mass is 9.68. The van der Waals surface area contributed by atoms with Gasteiger partial charge in [0, 0.05) is 26.2 Å². The monoisotopic (exact) mass is 730 g/mol. The van der Waals surface area contributed by atoms with Crippen molar-refractivity contribution in [2.45, 2.75) is 51.4 Å². The molecule has 2 saturated heterocycles. The first-order valence-corrected chi connectivity index (χ1v) is 18.8. The average molecular weight is 731 g/mol. The third-order valence-electron chi connectivity index (χ3n) is 11.8. The van der Waals surface area contributed by atoms with Gasteiger partial charge in [0.2, 0.25) is 0 Å². The van der Waals surface area contributed by atoms with Gasteiger partial charge in [-0.1, -0.05) is 113 Å². The van der Waals surface area contributed by atoms with Crippen molar-refractivity contribution in [3.05, 3.63) is 143 Å². The first-order valence-electron chi connectivity index (χ1n) is 18.8. The lowest BCUT2D eigenvalue weighted by Gasteiger charge is -2.45. The van der Waals surface area contributed by atoms with E-state index in [4.69, 9.17) is 0 Å². The van der Waals surface area contributed by atoms with Crippen LogP contribution in [0.4, 0.5) is 0 Å². The average Bonchev–Trinajstić information content (AvgIpc) is 3.15. The second-order valence-corrected chi connectivity index (χ2v) is 15.5. The Balaban J connectivity index is 0.000000208. The fourth-order valence-corrected chi connectivity index (χ4v) is 7.83. The summed E-state index contributed by atoms with van der Waals surface area (Å²) in [4.78, 5) is 27.9. The highest BCUT2D eigenvalue weighted by atomic mass is 16.4. The molecule has 0 bridgehead atoms. The number of carbonyl (C=O) groups is 2. The van der Waals surface area contributed by atoms with Gasteiger partial charge in [-0.3, -0.25) is 9.80 Å². The molecule has 2 aliphatic rings. The van der Waals surface area contributed by atoms with Crippen LogP contribution in [-0.4, -0.2) is 81.4 Å². The molecule has 4 aromatic carbocycles. The van der Waals surface area contributed by atoms with Gasteiger partial charge in [0.05, 0.1) is 11.1 Å². The number of piperidine rings is 2. The number of aromatic hydroxyl groups is 2. The zero-order chi connectivity index (χ0) is 38.9. The summed E-state index contributed by atoms with van der Waals surface area (Å²) in [6.45, 7) is 13.1. The maximum absolute atomic E-state index is 11.7. The number of hydrogen-bond acceptors (Lipinski definition) is 6. The van der Waals surface area contributed by atoms with E-state index in [2.05, 4.69) is 49.6 Å². The van der Waals surface area contributed by atoms with Crippen LogP contribution >= 0.6 is 0 Å². The standard InChI is InChI=1S/2C23H27NO3/c2*1-17-15-24(12-11-23(17,2)20-9-6-10-21(25)14-20)16-19(22(26)27)13-18-7-4-3-5-8-18/h2*3-10,13-14,17,25H,11-12,15-16H2,1-2H3,(H,26,27)/b19-13+;19-13-/t2*17-,23+/m00/s1. The van der Waals surface area contributed by atoms with E-state index in [0.717, 1.165) is 61.3 Å². The van der Waals surface area contributed by atoms with Gasteiger partial charge in [-0.2, -0.15) is 0 Å². The quantitative estimate of drug-likeness (QED) is 0.120. The van der Waals surface area contributed by atoms with Crippen LogP contribution < -0.4 is 0 Å². The number of benzene rings is 4. The van der Waals surface area contributed by atoms with Crippen molar-refractivity contribution in [3.8, 4) is 11.5 Å². The molecule has 0 amide bonds. The Kier molecular flexibility index (Phi) is 13.2. The first kappa shape index (κ1) is 40.0. The minimum Gasteiger partial charge on any atom is -0.508 e. The van der Waals surface area contributed by atoms with E-state index in [1.54, 1.807) is 24.3 Å². The molecule has 8 nitrogen and oxygen atoms in total. The predicted octanol–water partition coefficient (Wildman–Crippen LogP) is 8.32. The molecule has 0 aromatic heterocycles. The Hall–Kier alpha value is -5.18. The fourth-order valence-electron chi connectivity index (χ4n) is 7.83. The molecule has 4 atom stereocenters. The number of carboxylic acid groups (broad SMARTS) is 2. The van der Waals surface area contributed by atoms with Crippen LogP contribution in [0.15, 0.2) is 120 Å². The van der Waals surface area contributed by atoms with Crippen LogP contribution in [0.5, 0.6) is 11.5 Å². The molecule has 0 spiro atoms. The Morgan fingerprint density at radius 2 is 0.981 bits per heavy atom. The molecule has 0 saturated carbocycles. The largest absolute Gasteiger partial charge is 0.508 e. The van der Waals surface area contributed by atoms with Crippen LogP contribution in [0.3, 0.4) is 0 Å². The van der Waals surface area contributed by atoms with Crippen molar-refractivity contribution in [2.75, 3.05) is 39.3 Å². The molecule has 0 aliphatic carbocycles. The number of hydrogen-bond donors (Lipinski definition) is 4. The molecule has 2 heterocycles. The molecule has 0 radical (unpaired) electrons. The summed E-state index contributed by atoms with van der Waals surface area (Å²) in [5.41, 5.74) is 4.88. The van der Waals surface area contributed by atoms with Crippen molar-refractivity contribution in [3.63, 3.8) is 0 Å². The highest BCUT2D eigenvalue weighted by Gasteiger charge is 2.39. The van der Waals surface area contributed by atoms with E-state index in [9.17, 15) is 30.0 Å². The number of carboxylic acids is 2. The van der Waals surface area contributed by atoms with Gasteiger partial charge in [-0.05, 0) is 107 Å². The first-order chi connectivity index (χ1) is 25.8. The van der Waals surface area contributed by atoms with Crippen LogP contribution in [0, 0.1) is 11.8 Å². The zero-order valence-electron chi connectivity index (χ0n) is 31.9. The molecule has 54 heavy (non-hydrogen) atoms. The number of phenols is 2. The maximum atomic E-state index is 11.7. The number of phenolic OH excluding ortho intramolecular Hbond substituents is 2. The number of likely N-dealkylation sites (tertiary alicyclic amines) is 2. The summed E-state index contributed by atoms with van der Waals surface area (Å²) in [5, 5.41) is 38.9. The summed E-state index contributed by atoms with van der Waals surface area (Å²) in [7, 11) is 0. The van der Waals surface area contributed by atoms with Crippen LogP contribution in [0.1, 0.15) is 62.8 Å². The van der Waals surface area contributed by atoms with Gasteiger partial charge in [-0.15, -0.1) is 0 Å². The van der Waals surface area contributed by atoms with E-state index in [0.29, 0.717) is 47.6 Å². The van der Waals surface area contributed by atoms with E-state index >= 15 is 0 Å². The highest BCUT2D eigenvalue weighted by Crippen LogP contribution is 2.41. The topological polar surface area (TPSA) is 122 Å². The molecule has 8 heteroatoms. The molecule has 2 aliphatic heterocycles. The number of aliphatic carboxylic acids is 2. The van der Waals surface area contributed by atoms with Crippen molar-refractivity contribution < 1.29 is 30.0 Å². The van der Waals surface area contributed by atoms with Crippen LogP contribution in [0.2, 0.25) is 0 Å². The minimum absolute atomic E-state index is 0.0260. The third-order valence-corrected chi connectivity index (χ3v) is 11.8. The SMILES string of the molecule is C[C@H]1CN(C/C(=C/c2ccccc2)C(=O)O)CC[C@@]1(C)c1cccc(O)c1.C[C@H]1CN(C/C(=C\c2ccccc2)C(=O)O)CC[C@@]1(C)c1cccc(O)c1. The Labute approximate surface area is 319 Å². The lowest BCUT2D eigenvalue weighted by Crippen LogP contribution is -2.48. The van der Waals surface area contributed by atoms with Crippen molar-refractivity contribution in [1.29, 1.82) is 0 Å². The van der Waals surface area contributed by atoms with Gasteiger partial charge in [0.1, 0.15) is 11.5 Å². The Morgan fingerprint density at radius 1 is 0.611 bits per heavy atom. The molecule has 0 unspecified atom stereocenters. The normalized spacial score (nSPS) is 23.9. The van der Waals surface area contributed by atoms with Crippen LogP contribution in [-0.2, 0) is 20.4 Å². The summed E-state index contributed by atoms with van der Waals surface area (Å²) < 4.78 is 0. The van der Waals surface area contributed by atoms with E-state index < -0.39 is 11.9 Å². The van der Waals surface area contributed by atoms with Gasteiger partial charge in [-0.25, -0.2) is 9.59 Å². The van der Waals surface area contributed by atoms with E-state index in [1.165, 1.54) is 0 Å². The van der Waals surface area contributed by atoms with Crippen molar-refractivity contribution >= 4 is 24.1 Å². The summed E-state index contributed by atoms with van der Waals surface area (Å²) in [6.07, 6.45) is 5.37. The smallest absolute Gasteiger partial charge is 0.332 e. The van der Waals surface area contributed by atoms with Crippen molar-refractivity contribution in [1.82, 2.24) is 9.80 Å². The summed E-state index contributed by atoms with van der Waals surface area (Å²) in [5.74, 6) is -0.454. The second kappa shape index (κ2) is 17.8. The zero-order valence-corrected chi connectivity index (χ0v) is 31.9. The summed E-state index contributed by atoms with van der Waals surface area (Å²) >= 11 is 0. The Morgan fingerprint density at radius 3 is 1.30 bits per heavy atom. The minimum atomic E-state index is -0.868. The highest BCUT2D eigenvalue weighted by molar-refractivity contribution is 5.93. The van der Waals surface area contributed by atoms with Gasteiger partial charge in [0.25, 0.3) is 0 Å².